The maximum Gasteiger partial charge on any atom is 0.238 e. The van der Waals surface area contributed by atoms with Gasteiger partial charge in [-0.3, -0.25) is 4.79 Å². The summed E-state index contributed by atoms with van der Waals surface area (Å²) in [5, 5.41) is 8.05. The van der Waals surface area contributed by atoms with E-state index in [1.807, 2.05) is 30.3 Å². The summed E-state index contributed by atoms with van der Waals surface area (Å²) in [6, 6.07) is 11.7. The zero-order valence-corrected chi connectivity index (χ0v) is 12.8. The molecule has 0 radical (unpaired) electrons. The average Bonchev–Trinajstić information content (AvgIpc) is 2.91. The van der Waals surface area contributed by atoms with Gasteiger partial charge in [-0.25, -0.2) is 0 Å². The number of hydrogen-bond donors (Lipinski definition) is 2. The molecule has 0 atom stereocenters. The number of amides is 1. The number of benzene rings is 1. The monoisotopic (exact) mass is 338 g/mol. The minimum Gasteiger partial charge on any atom is -0.325 e. The molecule has 0 saturated heterocycles. The molecule has 3 nitrogen and oxygen atoms in total. The summed E-state index contributed by atoms with van der Waals surface area (Å²) in [6.07, 6.45) is 0.962. The lowest BCUT2D eigenvalue weighted by molar-refractivity contribution is -0.115. The fourth-order valence-corrected chi connectivity index (χ4v) is 2.58. The highest BCUT2D eigenvalue weighted by Crippen LogP contribution is 2.13. The van der Waals surface area contributed by atoms with Gasteiger partial charge in [-0.15, -0.1) is 11.3 Å². The zero-order chi connectivity index (χ0) is 13.5. The Balaban J connectivity index is 1.65. The molecule has 2 aromatic rings. The Kier molecular flexibility index (Phi) is 5.57. The van der Waals surface area contributed by atoms with Crippen LogP contribution in [0.3, 0.4) is 0 Å². The van der Waals surface area contributed by atoms with E-state index in [9.17, 15) is 4.79 Å². The zero-order valence-electron chi connectivity index (χ0n) is 10.4. The normalized spacial score (nSPS) is 10.4. The molecule has 0 aliphatic rings. The second-order valence-corrected chi connectivity index (χ2v) is 6.01. The number of carbonyl (C=O) groups is 1. The van der Waals surface area contributed by atoms with E-state index in [2.05, 4.69) is 38.0 Å². The van der Waals surface area contributed by atoms with E-state index in [1.54, 1.807) is 11.3 Å². The second kappa shape index (κ2) is 7.43. The summed E-state index contributed by atoms with van der Waals surface area (Å²) in [5.41, 5.74) is 0.813. The van der Waals surface area contributed by atoms with Gasteiger partial charge in [0.05, 0.1) is 6.54 Å². The van der Waals surface area contributed by atoms with Gasteiger partial charge in [0.2, 0.25) is 5.91 Å². The van der Waals surface area contributed by atoms with Gasteiger partial charge in [-0.05, 0) is 42.1 Å². The molecular weight excluding hydrogens is 324 g/mol. The number of thiophene rings is 1. The van der Waals surface area contributed by atoms with Crippen molar-refractivity contribution in [1.29, 1.82) is 0 Å². The van der Waals surface area contributed by atoms with Crippen molar-refractivity contribution in [3.63, 3.8) is 0 Å². The predicted octanol–water partition coefficient (Wildman–Crippen LogP) is 3.28. The number of nitrogens with one attached hydrogen (secondary N) is 2. The van der Waals surface area contributed by atoms with Gasteiger partial charge in [0.15, 0.2) is 0 Å². The summed E-state index contributed by atoms with van der Waals surface area (Å²) < 4.78 is 1.000. The Morgan fingerprint density at radius 1 is 1.21 bits per heavy atom. The Hall–Kier alpha value is -1.17. The number of hydrogen-bond acceptors (Lipinski definition) is 3. The fourth-order valence-electron chi connectivity index (χ4n) is 1.61. The van der Waals surface area contributed by atoms with Crippen molar-refractivity contribution >= 4 is 38.9 Å². The van der Waals surface area contributed by atoms with Crippen LogP contribution >= 0.6 is 27.3 Å². The quantitative estimate of drug-likeness (QED) is 0.793. The van der Waals surface area contributed by atoms with Crippen molar-refractivity contribution < 1.29 is 4.79 Å². The van der Waals surface area contributed by atoms with Crippen molar-refractivity contribution in [2.45, 2.75) is 6.42 Å². The van der Waals surface area contributed by atoms with E-state index < -0.39 is 0 Å². The van der Waals surface area contributed by atoms with Crippen LogP contribution in [0, 0.1) is 0 Å². The Morgan fingerprint density at radius 3 is 2.68 bits per heavy atom. The smallest absolute Gasteiger partial charge is 0.238 e. The third-order valence-corrected chi connectivity index (χ3v) is 4.01. The average molecular weight is 339 g/mol. The van der Waals surface area contributed by atoms with Gasteiger partial charge in [-0.1, -0.05) is 22.0 Å². The second-order valence-electron chi connectivity index (χ2n) is 4.06. The van der Waals surface area contributed by atoms with Crippen LogP contribution in [-0.2, 0) is 11.2 Å². The summed E-state index contributed by atoms with van der Waals surface area (Å²) in [7, 11) is 0. The first-order valence-corrected chi connectivity index (χ1v) is 7.70. The standard InChI is InChI=1S/C14H15BrN2OS/c15-11-3-5-12(6-4-11)17-14(18)10-16-8-7-13-2-1-9-19-13/h1-6,9,16H,7-8,10H2,(H,17,18). The van der Waals surface area contributed by atoms with Crippen LogP contribution in [0.1, 0.15) is 4.88 Å². The Labute approximate surface area is 125 Å². The molecule has 0 bridgehead atoms. The third-order valence-electron chi connectivity index (χ3n) is 2.54. The number of carbonyl (C=O) groups excluding carboxylic acids is 1. The lowest BCUT2D eigenvalue weighted by atomic mass is 10.3. The first-order valence-electron chi connectivity index (χ1n) is 6.02. The van der Waals surface area contributed by atoms with Crippen LogP contribution in [0.2, 0.25) is 0 Å². The van der Waals surface area contributed by atoms with E-state index in [1.165, 1.54) is 4.88 Å². The van der Waals surface area contributed by atoms with Gasteiger partial charge in [-0.2, -0.15) is 0 Å². The van der Waals surface area contributed by atoms with Gasteiger partial charge in [0.1, 0.15) is 0 Å². The maximum absolute atomic E-state index is 11.7. The molecular formula is C14H15BrN2OS. The van der Waals surface area contributed by atoms with Crippen LogP contribution in [-0.4, -0.2) is 19.0 Å². The van der Waals surface area contributed by atoms with Crippen molar-refractivity contribution in [3.8, 4) is 0 Å². The van der Waals surface area contributed by atoms with Crippen LogP contribution in [0.4, 0.5) is 5.69 Å². The van der Waals surface area contributed by atoms with Crippen molar-refractivity contribution in [3.05, 3.63) is 51.1 Å². The van der Waals surface area contributed by atoms with E-state index in [0.29, 0.717) is 6.54 Å². The van der Waals surface area contributed by atoms with E-state index in [-0.39, 0.29) is 5.91 Å². The highest BCUT2D eigenvalue weighted by molar-refractivity contribution is 9.10. The molecule has 1 amide bonds. The Bertz CT molecular complexity index is 511. The van der Waals surface area contributed by atoms with Crippen LogP contribution < -0.4 is 10.6 Å². The lowest BCUT2D eigenvalue weighted by Crippen LogP contribution is -2.29. The number of halogens is 1. The molecule has 19 heavy (non-hydrogen) atoms. The first-order chi connectivity index (χ1) is 9.24. The highest BCUT2D eigenvalue weighted by Gasteiger charge is 2.01. The molecule has 2 rings (SSSR count). The van der Waals surface area contributed by atoms with Crippen molar-refractivity contribution in [2.24, 2.45) is 0 Å². The molecule has 2 N–H and O–H groups in total. The van der Waals surface area contributed by atoms with Crippen LogP contribution in [0.25, 0.3) is 0 Å². The van der Waals surface area contributed by atoms with E-state index in [0.717, 1.165) is 23.1 Å². The molecule has 5 heteroatoms. The number of rotatable bonds is 6. The van der Waals surface area contributed by atoms with Crippen molar-refractivity contribution in [2.75, 3.05) is 18.4 Å². The van der Waals surface area contributed by atoms with Crippen LogP contribution in [0.5, 0.6) is 0 Å². The van der Waals surface area contributed by atoms with Gasteiger partial charge in [0, 0.05) is 21.6 Å². The molecule has 100 valence electrons. The summed E-state index contributed by atoms with van der Waals surface area (Å²) in [5.74, 6) is -0.0199. The van der Waals surface area contributed by atoms with Crippen molar-refractivity contribution in [1.82, 2.24) is 5.32 Å². The largest absolute Gasteiger partial charge is 0.325 e. The molecule has 0 saturated carbocycles. The maximum atomic E-state index is 11.7. The number of anilines is 1. The van der Waals surface area contributed by atoms with E-state index >= 15 is 0 Å². The molecule has 1 heterocycles. The highest BCUT2D eigenvalue weighted by atomic mass is 79.9. The molecule has 0 unspecified atom stereocenters. The first kappa shape index (κ1) is 14.2. The summed E-state index contributed by atoms with van der Waals surface area (Å²) >= 11 is 5.10. The molecule has 0 fully saturated rings. The molecule has 0 spiro atoms. The minimum absolute atomic E-state index is 0.0199. The SMILES string of the molecule is O=C(CNCCc1cccs1)Nc1ccc(Br)cc1. The Morgan fingerprint density at radius 2 is 2.00 bits per heavy atom. The van der Waals surface area contributed by atoms with E-state index in [4.69, 9.17) is 0 Å². The molecule has 0 aliphatic heterocycles. The molecule has 1 aromatic heterocycles. The molecule has 1 aromatic carbocycles. The lowest BCUT2D eigenvalue weighted by Gasteiger charge is -2.06. The van der Waals surface area contributed by atoms with Gasteiger partial charge < -0.3 is 10.6 Å². The van der Waals surface area contributed by atoms with Gasteiger partial charge >= 0.3 is 0 Å². The minimum atomic E-state index is -0.0199. The predicted molar refractivity (Wildman–Crippen MR) is 83.7 cm³/mol. The summed E-state index contributed by atoms with van der Waals surface area (Å²) in [4.78, 5) is 13.0. The topological polar surface area (TPSA) is 41.1 Å². The van der Waals surface area contributed by atoms with Crippen LogP contribution in [0.15, 0.2) is 46.3 Å². The van der Waals surface area contributed by atoms with Gasteiger partial charge in [0.25, 0.3) is 0 Å². The molecule has 0 aliphatic carbocycles. The fraction of sp³-hybridized carbons (Fsp3) is 0.214. The third kappa shape index (κ3) is 5.14. The summed E-state index contributed by atoms with van der Waals surface area (Å²) in [6.45, 7) is 1.15.